The van der Waals surface area contributed by atoms with E-state index >= 15 is 0 Å². The predicted molar refractivity (Wildman–Crippen MR) is 79.7 cm³/mol. The fourth-order valence-electron chi connectivity index (χ4n) is 2.39. The summed E-state index contributed by atoms with van der Waals surface area (Å²) >= 11 is 3.37. The fourth-order valence-corrected chi connectivity index (χ4v) is 2.88. The third kappa shape index (κ3) is 3.84. The molecule has 1 aliphatic heterocycles. The molecule has 1 aliphatic rings. The number of methoxy groups -OCH3 is 1. The highest BCUT2D eigenvalue weighted by Gasteiger charge is 2.14. The maximum atomic E-state index is 9.82. The first-order valence-corrected chi connectivity index (χ1v) is 7.35. The van der Waals surface area contributed by atoms with Gasteiger partial charge in [0.15, 0.2) is 11.5 Å². The zero-order valence-electron chi connectivity index (χ0n) is 11.5. The topological polar surface area (TPSA) is 35.9 Å². The standard InChI is InChI=1S/C14H21BrN2O2/c1-16-4-3-5-17(7-6-16)10-11-8-12(15)14(18)13(9-11)19-2/h8-9,18H,3-7,10H2,1-2H3. The van der Waals surface area contributed by atoms with Gasteiger partial charge in [-0.2, -0.15) is 0 Å². The molecule has 0 unspecified atom stereocenters. The summed E-state index contributed by atoms with van der Waals surface area (Å²) in [5.74, 6) is 0.693. The number of ether oxygens (including phenoxy) is 1. The van der Waals surface area contributed by atoms with Crippen molar-refractivity contribution in [2.75, 3.05) is 40.3 Å². The Hall–Kier alpha value is -0.780. The summed E-state index contributed by atoms with van der Waals surface area (Å²) in [6.45, 7) is 5.36. The Morgan fingerprint density at radius 3 is 2.79 bits per heavy atom. The molecule has 106 valence electrons. The lowest BCUT2D eigenvalue weighted by Gasteiger charge is -2.20. The van der Waals surface area contributed by atoms with Crippen LogP contribution in [0.4, 0.5) is 0 Å². The molecule has 0 aromatic heterocycles. The molecule has 1 fully saturated rings. The number of hydrogen-bond acceptors (Lipinski definition) is 4. The highest BCUT2D eigenvalue weighted by Crippen LogP contribution is 2.35. The Balaban J connectivity index is 2.08. The molecule has 0 bridgehead atoms. The zero-order chi connectivity index (χ0) is 13.8. The van der Waals surface area contributed by atoms with Crippen LogP contribution < -0.4 is 4.74 Å². The first kappa shape index (κ1) is 14.6. The zero-order valence-corrected chi connectivity index (χ0v) is 13.1. The highest BCUT2D eigenvalue weighted by atomic mass is 79.9. The molecule has 0 aliphatic carbocycles. The first-order valence-electron chi connectivity index (χ1n) is 6.56. The highest BCUT2D eigenvalue weighted by molar-refractivity contribution is 9.10. The molecule has 1 aromatic carbocycles. The summed E-state index contributed by atoms with van der Waals surface area (Å²) in [5.41, 5.74) is 1.16. The number of benzene rings is 1. The van der Waals surface area contributed by atoms with Crippen LogP contribution in [0.25, 0.3) is 0 Å². The van der Waals surface area contributed by atoms with Gasteiger partial charge < -0.3 is 14.7 Å². The average Bonchev–Trinajstić information content (AvgIpc) is 2.59. The van der Waals surface area contributed by atoms with Crippen molar-refractivity contribution < 1.29 is 9.84 Å². The van der Waals surface area contributed by atoms with E-state index in [0.29, 0.717) is 10.2 Å². The number of halogens is 1. The molecule has 4 nitrogen and oxygen atoms in total. The third-order valence-electron chi connectivity index (χ3n) is 3.53. The van der Waals surface area contributed by atoms with E-state index in [9.17, 15) is 5.11 Å². The van der Waals surface area contributed by atoms with Gasteiger partial charge >= 0.3 is 0 Å². The van der Waals surface area contributed by atoms with Gasteiger partial charge in [-0.15, -0.1) is 0 Å². The fraction of sp³-hybridized carbons (Fsp3) is 0.571. The van der Waals surface area contributed by atoms with Crippen LogP contribution in [-0.4, -0.2) is 55.2 Å². The van der Waals surface area contributed by atoms with Gasteiger partial charge in [0.2, 0.25) is 0 Å². The summed E-state index contributed by atoms with van der Waals surface area (Å²) in [7, 11) is 3.75. The first-order chi connectivity index (χ1) is 9.10. The van der Waals surface area contributed by atoms with E-state index in [1.807, 2.05) is 12.1 Å². The Morgan fingerprint density at radius 1 is 1.26 bits per heavy atom. The van der Waals surface area contributed by atoms with Crippen molar-refractivity contribution in [2.45, 2.75) is 13.0 Å². The monoisotopic (exact) mass is 328 g/mol. The minimum absolute atomic E-state index is 0.168. The minimum Gasteiger partial charge on any atom is -0.503 e. The predicted octanol–water partition coefficient (Wildman–Crippen LogP) is 2.30. The SMILES string of the molecule is COc1cc(CN2CCCN(C)CC2)cc(Br)c1O. The summed E-state index contributed by atoms with van der Waals surface area (Å²) in [6.07, 6.45) is 1.20. The molecule has 1 aromatic rings. The normalized spacial score (nSPS) is 18.3. The number of phenols is 1. The van der Waals surface area contributed by atoms with Gasteiger partial charge in [-0.25, -0.2) is 0 Å². The molecule has 1 saturated heterocycles. The van der Waals surface area contributed by atoms with Gasteiger partial charge in [0.1, 0.15) is 0 Å². The van der Waals surface area contributed by atoms with Crippen LogP contribution in [0, 0.1) is 0 Å². The Morgan fingerprint density at radius 2 is 2.05 bits per heavy atom. The van der Waals surface area contributed by atoms with Crippen LogP contribution in [0.2, 0.25) is 0 Å². The van der Waals surface area contributed by atoms with Crippen molar-refractivity contribution in [1.82, 2.24) is 9.80 Å². The van der Waals surface area contributed by atoms with E-state index in [0.717, 1.165) is 31.7 Å². The van der Waals surface area contributed by atoms with Crippen LogP contribution in [0.5, 0.6) is 11.5 Å². The number of rotatable bonds is 3. The molecule has 19 heavy (non-hydrogen) atoms. The molecule has 1 heterocycles. The maximum absolute atomic E-state index is 9.82. The van der Waals surface area contributed by atoms with Crippen molar-refractivity contribution in [3.8, 4) is 11.5 Å². The smallest absolute Gasteiger partial charge is 0.172 e. The van der Waals surface area contributed by atoms with E-state index < -0.39 is 0 Å². The molecule has 2 rings (SSSR count). The lowest BCUT2D eigenvalue weighted by Crippen LogP contribution is -2.28. The Kier molecular flexibility index (Phi) is 5.07. The molecule has 0 atom stereocenters. The number of likely N-dealkylation sites (N-methyl/N-ethyl adjacent to an activating group) is 1. The van der Waals surface area contributed by atoms with E-state index in [4.69, 9.17) is 4.74 Å². The molecular formula is C14H21BrN2O2. The molecular weight excluding hydrogens is 308 g/mol. The Bertz CT molecular complexity index is 440. The van der Waals surface area contributed by atoms with E-state index in [1.165, 1.54) is 13.0 Å². The van der Waals surface area contributed by atoms with Crippen LogP contribution in [0.3, 0.4) is 0 Å². The average molecular weight is 329 g/mol. The van der Waals surface area contributed by atoms with Crippen LogP contribution >= 0.6 is 15.9 Å². The summed E-state index contributed by atoms with van der Waals surface area (Å²) in [4.78, 5) is 4.81. The number of nitrogens with zero attached hydrogens (tertiary/aromatic N) is 2. The minimum atomic E-state index is 0.168. The lowest BCUT2D eigenvalue weighted by molar-refractivity contribution is 0.268. The molecule has 1 N–H and O–H groups in total. The second-order valence-electron chi connectivity index (χ2n) is 5.06. The van der Waals surface area contributed by atoms with Crippen molar-refractivity contribution in [2.24, 2.45) is 0 Å². The second-order valence-corrected chi connectivity index (χ2v) is 5.92. The number of aromatic hydroxyl groups is 1. The van der Waals surface area contributed by atoms with Gasteiger partial charge in [-0.05, 0) is 60.2 Å². The Labute approximate surface area is 123 Å². The van der Waals surface area contributed by atoms with Crippen molar-refractivity contribution in [3.63, 3.8) is 0 Å². The second kappa shape index (κ2) is 6.59. The molecule has 0 radical (unpaired) electrons. The summed E-state index contributed by atoms with van der Waals surface area (Å²) in [6, 6.07) is 3.88. The molecule has 5 heteroatoms. The van der Waals surface area contributed by atoms with Crippen LogP contribution in [-0.2, 0) is 6.54 Å². The molecule has 0 amide bonds. The summed E-state index contributed by atoms with van der Waals surface area (Å²) < 4.78 is 5.88. The van der Waals surface area contributed by atoms with Crippen molar-refractivity contribution in [1.29, 1.82) is 0 Å². The molecule has 0 saturated carbocycles. The van der Waals surface area contributed by atoms with E-state index in [2.05, 4.69) is 32.8 Å². The van der Waals surface area contributed by atoms with Crippen molar-refractivity contribution in [3.05, 3.63) is 22.2 Å². The third-order valence-corrected chi connectivity index (χ3v) is 4.13. The van der Waals surface area contributed by atoms with Gasteiger partial charge in [0.25, 0.3) is 0 Å². The van der Waals surface area contributed by atoms with Gasteiger partial charge in [0.05, 0.1) is 11.6 Å². The van der Waals surface area contributed by atoms with Crippen molar-refractivity contribution >= 4 is 15.9 Å². The number of hydrogen-bond donors (Lipinski definition) is 1. The van der Waals surface area contributed by atoms with Crippen LogP contribution in [0.15, 0.2) is 16.6 Å². The maximum Gasteiger partial charge on any atom is 0.172 e. The van der Waals surface area contributed by atoms with E-state index in [1.54, 1.807) is 7.11 Å². The quantitative estimate of drug-likeness (QED) is 0.923. The summed E-state index contributed by atoms with van der Waals surface area (Å²) in [5, 5.41) is 9.82. The van der Waals surface area contributed by atoms with E-state index in [-0.39, 0.29) is 5.75 Å². The molecule has 0 spiro atoms. The van der Waals surface area contributed by atoms with Crippen LogP contribution in [0.1, 0.15) is 12.0 Å². The van der Waals surface area contributed by atoms with Gasteiger partial charge in [-0.1, -0.05) is 0 Å². The lowest BCUT2D eigenvalue weighted by atomic mass is 10.2. The van der Waals surface area contributed by atoms with Gasteiger partial charge in [-0.3, -0.25) is 4.90 Å². The van der Waals surface area contributed by atoms with Gasteiger partial charge in [0, 0.05) is 19.6 Å². The largest absolute Gasteiger partial charge is 0.503 e. The number of phenolic OH excluding ortho intramolecular Hbond substituents is 1.